The summed E-state index contributed by atoms with van der Waals surface area (Å²) < 4.78 is 2.10. The first-order chi connectivity index (χ1) is 15.5. The molecule has 4 aromatic rings. The summed E-state index contributed by atoms with van der Waals surface area (Å²) in [4.78, 5) is 43.3. The van der Waals surface area contributed by atoms with E-state index in [0.29, 0.717) is 11.4 Å². The van der Waals surface area contributed by atoms with Crippen LogP contribution >= 0.6 is 0 Å². The van der Waals surface area contributed by atoms with Gasteiger partial charge < -0.3 is 5.32 Å². The van der Waals surface area contributed by atoms with Gasteiger partial charge in [-0.3, -0.25) is 19.1 Å². The van der Waals surface area contributed by atoms with Crippen LogP contribution < -0.4 is 16.6 Å². The third-order valence-corrected chi connectivity index (χ3v) is 4.89. The van der Waals surface area contributed by atoms with Crippen LogP contribution in [-0.4, -0.2) is 25.2 Å². The van der Waals surface area contributed by atoms with Crippen LogP contribution in [0.3, 0.4) is 0 Å². The Balaban J connectivity index is 1.76. The molecule has 0 saturated heterocycles. The van der Waals surface area contributed by atoms with Crippen molar-refractivity contribution in [1.82, 2.24) is 24.6 Å². The van der Waals surface area contributed by atoms with E-state index in [-0.39, 0.29) is 18.8 Å². The van der Waals surface area contributed by atoms with E-state index < -0.39 is 17.2 Å². The lowest BCUT2D eigenvalue weighted by molar-refractivity contribution is 0.0940. The molecule has 0 aliphatic heterocycles. The van der Waals surface area contributed by atoms with Gasteiger partial charge in [0, 0.05) is 6.20 Å². The van der Waals surface area contributed by atoms with Crippen LogP contribution in [0.5, 0.6) is 0 Å². The lowest BCUT2D eigenvalue weighted by Gasteiger charge is -2.12. The summed E-state index contributed by atoms with van der Waals surface area (Å²) in [7, 11) is 0. The fourth-order valence-corrected chi connectivity index (χ4v) is 3.17. The molecule has 2 aromatic heterocycles. The highest BCUT2D eigenvalue weighted by Crippen LogP contribution is 2.05. The Morgan fingerprint density at radius 1 is 0.938 bits per heavy atom. The number of pyridine rings is 1. The van der Waals surface area contributed by atoms with E-state index >= 15 is 0 Å². The molecule has 2 aromatic carbocycles. The normalized spacial score (nSPS) is 10.7. The second-order valence-corrected chi connectivity index (χ2v) is 7.26. The molecule has 2 heterocycles. The van der Waals surface area contributed by atoms with E-state index in [1.54, 1.807) is 54.7 Å². The molecule has 4 rings (SSSR count). The molecule has 0 atom stereocenters. The molecule has 0 fully saturated rings. The van der Waals surface area contributed by atoms with Crippen LogP contribution in [0.4, 0.5) is 0 Å². The van der Waals surface area contributed by atoms with E-state index in [4.69, 9.17) is 0 Å². The van der Waals surface area contributed by atoms with Gasteiger partial charge in [-0.25, -0.2) is 4.79 Å². The lowest BCUT2D eigenvalue weighted by atomic mass is 10.1. The minimum atomic E-state index is -0.749. The number of amides is 1. The van der Waals surface area contributed by atoms with Crippen molar-refractivity contribution in [2.75, 3.05) is 0 Å². The van der Waals surface area contributed by atoms with Crippen LogP contribution in [0.15, 0.2) is 88.6 Å². The number of aryl methyl sites for hydroxylation is 1. The fourth-order valence-electron chi connectivity index (χ4n) is 3.17. The van der Waals surface area contributed by atoms with Crippen LogP contribution in [0.25, 0.3) is 5.69 Å². The van der Waals surface area contributed by atoms with Gasteiger partial charge in [-0.1, -0.05) is 54.1 Å². The lowest BCUT2D eigenvalue weighted by Crippen LogP contribution is -2.46. The van der Waals surface area contributed by atoms with Crippen molar-refractivity contribution < 1.29 is 4.79 Å². The van der Waals surface area contributed by atoms with Gasteiger partial charge in [0.05, 0.1) is 24.5 Å². The van der Waals surface area contributed by atoms with Crippen LogP contribution in [0.2, 0.25) is 0 Å². The zero-order valence-corrected chi connectivity index (χ0v) is 17.4. The van der Waals surface area contributed by atoms with Crippen LogP contribution in [-0.2, 0) is 13.1 Å². The van der Waals surface area contributed by atoms with Gasteiger partial charge in [-0.15, -0.1) is 0 Å². The Hall–Kier alpha value is -4.33. The number of nitrogens with zero attached hydrogens (tertiary/aromatic N) is 4. The summed E-state index contributed by atoms with van der Waals surface area (Å²) in [5.74, 6) is -0.678. The number of carbonyl (C=O) groups excluding carboxylic acids is 1. The van der Waals surface area contributed by atoms with Crippen molar-refractivity contribution in [3.63, 3.8) is 0 Å². The fraction of sp³-hybridized carbons (Fsp3) is 0.125. The molecule has 1 N–H and O–H groups in total. The average molecular weight is 427 g/mol. The molecular formula is C24H21N5O3. The van der Waals surface area contributed by atoms with Gasteiger partial charge in [-0.05, 0) is 36.8 Å². The molecule has 0 radical (unpaired) electrons. The average Bonchev–Trinajstić information content (AvgIpc) is 2.83. The van der Waals surface area contributed by atoms with E-state index in [1.165, 1.54) is 0 Å². The maximum absolute atomic E-state index is 13.1. The smallest absolute Gasteiger partial charge is 0.345 e. The summed E-state index contributed by atoms with van der Waals surface area (Å²) in [6, 6.07) is 21.5. The second-order valence-electron chi connectivity index (χ2n) is 7.26. The summed E-state index contributed by atoms with van der Waals surface area (Å²) in [6.07, 6.45) is 1.61. The van der Waals surface area contributed by atoms with Gasteiger partial charge in [-0.2, -0.15) is 9.78 Å². The van der Waals surface area contributed by atoms with E-state index in [1.807, 2.05) is 31.2 Å². The number of benzene rings is 2. The number of aromatic nitrogens is 4. The zero-order valence-electron chi connectivity index (χ0n) is 17.4. The highest BCUT2D eigenvalue weighted by atomic mass is 16.2. The van der Waals surface area contributed by atoms with Crippen LogP contribution in [0, 0.1) is 6.92 Å². The Morgan fingerprint density at radius 3 is 2.34 bits per heavy atom. The first kappa shape index (κ1) is 20.9. The molecule has 0 spiro atoms. The van der Waals surface area contributed by atoms with Gasteiger partial charge >= 0.3 is 5.69 Å². The van der Waals surface area contributed by atoms with Gasteiger partial charge in [0.2, 0.25) is 5.69 Å². The maximum atomic E-state index is 13.1. The molecule has 0 bridgehead atoms. The van der Waals surface area contributed by atoms with Gasteiger partial charge in [0.15, 0.2) is 0 Å². The molecular weight excluding hydrogens is 406 g/mol. The summed E-state index contributed by atoms with van der Waals surface area (Å²) >= 11 is 0. The zero-order chi connectivity index (χ0) is 22.5. The summed E-state index contributed by atoms with van der Waals surface area (Å²) in [6.45, 7) is 2.10. The Morgan fingerprint density at radius 2 is 1.66 bits per heavy atom. The number of hydrogen-bond donors (Lipinski definition) is 1. The van der Waals surface area contributed by atoms with Crippen molar-refractivity contribution >= 4 is 5.91 Å². The van der Waals surface area contributed by atoms with Gasteiger partial charge in [0.25, 0.3) is 11.5 Å². The molecule has 0 aliphatic carbocycles. The van der Waals surface area contributed by atoms with Crippen molar-refractivity contribution in [3.05, 3.63) is 122 Å². The molecule has 32 heavy (non-hydrogen) atoms. The highest BCUT2D eigenvalue weighted by Gasteiger charge is 2.20. The number of hydrogen-bond acceptors (Lipinski definition) is 5. The number of nitrogens with one attached hydrogen (secondary N) is 1. The molecule has 8 nitrogen and oxygen atoms in total. The number of para-hydroxylation sites is 1. The molecule has 8 heteroatoms. The number of rotatable bonds is 6. The third kappa shape index (κ3) is 4.54. The predicted octanol–water partition coefficient (Wildman–Crippen LogP) is 2.08. The molecule has 0 aliphatic rings. The Kier molecular flexibility index (Phi) is 6.03. The first-order valence-corrected chi connectivity index (χ1v) is 10.1. The topological polar surface area (TPSA) is 98.9 Å². The minimum Gasteiger partial charge on any atom is -0.345 e. The Labute approximate surface area is 183 Å². The molecule has 0 saturated carbocycles. The third-order valence-electron chi connectivity index (χ3n) is 4.89. The van der Waals surface area contributed by atoms with Crippen molar-refractivity contribution in [3.8, 4) is 5.69 Å². The van der Waals surface area contributed by atoms with E-state index in [0.717, 1.165) is 20.4 Å². The standard InChI is InChI=1S/C24H21N5O3/c1-17-10-12-18(13-11-17)16-28-23(31)21(22(30)26-15-19-7-5-6-14-25-19)27-29(24(28)32)20-8-3-2-4-9-20/h2-14H,15-16H2,1H3,(H,26,30). The molecule has 0 unspecified atom stereocenters. The van der Waals surface area contributed by atoms with E-state index in [2.05, 4.69) is 15.4 Å². The number of carbonyl (C=O) groups is 1. The molecule has 160 valence electrons. The highest BCUT2D eigenvalue weighted by molar-refractivity contribution is 5.91. The second kappa shape index (κ2) is 9.22. The van der Waals surface area contributed by atoms with Crippen molar-refractivity contribution in [2.45, 2.75) is 20.0 Å². The Bertz CT molecular complexity index is 1340. The summed E-state index contributed by atoms with van der Waals surface area (Å²) in [5.41, 5.74) is 1.18. The van der Waals surface area contributed by atoms with Crippen molar-refractivity contribution in [2.24, 2.45) is 0 Å². The quantitative estimate of drug-likeness (QED) is 0.508. The summed E-state index contributed by atoms with van der Waals surface area (Å²) in [5, 5.41) is 6.77. The van der Waals surface area contributed by atoms with Crippen molar-refractivity contribution in [1.29, 1.82) is 0 Å². The minimum absolute atomic E-state index is 0.0216. The monoisotopic (exact) mass is 427 g/mol. The van der Waals surface area contributed by atoms with E-state index in [9.17, 15) is 14.4 Å². The largest absolute Gasteiger partial charge is 0.352 e. The maximum Gasteiger partial charge on any atom is 0.352 e. The SMILES string of the molecule is Cc1ccc(Cn2c(=O)c(C(=O)NCc3ccccn3)nn(-c3ccccc3)c2=O)cc1. The predicted molar refractivity (Wildman–Crippen MR) is 120 cm³/mol. The van der Waals surface area contributed by atoms with Gasteiger partial charge in [0.1, 0.15) is 0 Å². The molecule has 1 amide bonds. The first-order valence-electron chi connectivity index (χ1n) is 10.1. The van der Waals surface area contributed by atoms with Crippen LogP contribution in [0.1, 0.15) is 27.3 Å².